The first-order chi connectivity index (χ1) is 16.5. The molecular formula is C23H22N6O5S. The van der Waals surface area contributed by atoms with Gasteiger partial charge in [-0.2, -0.15) is 4.98 Å². The average Bonchev–Trinajstić information content (AvgIpc) is 3.08. The normalized spacial score (nSPS) is 21.9. The molecule has 2 atom stereocenters. The Balaban J connectivity index is 1.78. The Morgan fingerprint density at radius 1 is 1.09 bits per heavy atom. The van der Waals surface area contributed by atoms with E-state index in [1.54, 1.807) is 38.1 Å². The lowest BCUT2D eigenvalue weighted by Crippen LogP contribution is -2.50. The summed E-state index contributed by atoms with van der Waals surface area (Å²) in [5.74, 6) is -0.697. The van der Waals surface area contributed by atoms with E-state index in [2.05, 4.69) is 15.0 Å². The predicted molar refractivity (Wildman–Crippen MR) is 127 cm³/mol. The molecule has 1 unspecified atom stereocenters. The molecule has 2 aliphatic heterocycles. The van der Waals surface area contributed by atoms with E-state index in [1.165, 1.54) is 41.7 Å². The van der Waals surface area contributed by atoms with Gasteiger partial charge in [-0.25, -0.2) is 18.3 Å². The molecule has 4 heterocycles. The monoisotopic (exact) mass is 494 g/mol. The third-order valence-corrected chi connectivity index (χ3v) is 7.65. The fourth-order valence-corrected chi connectivity index (χ4v) is 5.42. The Morgan fingerprint density at radius 3 is 2.49 bits per heavy atom. The number of amides is 2. The fourth-order valence-electron chi connectivity index (χ4n) is 4.53. The van der Waals surface area contributed by atoms with Gasteiger partial charge in [0.2, 0.25) is 17.6 Å². The van der Waals surface area contributed by atoms with Crippen LogP contribution in [0, 0.1) is 0 Å². The molecule has 35 heavy (non-hydrogen) atoms. The van der Waals surface area contributed by atoms with Crippen LogP contribution in [0.3, 0.4) is 0 Å². The van der Waals surface area contributed by atoms with Crippen LogP contribution in [0.15, 0.2) is 53.8 Å². The van der Waals surface area contributed by atoms with Crippen LogP contribution >= 0.6 is 0 Å². The van der Waals surface area contributed by atoms with Gasteiger partial charge in [0.15, 0.2) is 15.7 Å². The van der Waals surface area contributed by atoms with Crippen LogP contribution in [-0.2, 0) is 20.4 Å². The molecule has 0 bridgehead atoms. The van der Waals surface area contributed by atoms with Gasteiger partial charge < -0.3 is 14.9 Å². The summed E-state index contributed by atoms with van der Waals surface area (Å²) in [5.41, 5.74) is -1.54. The number of hydrogen-bond acceptors (Lipinski definition) is 9. The van der Waals surface area contributed by atoms with E-state index in [4.69, 9.17) is 0 Å². The molecule has 1 N–H and O–H groups in total. The molecule has 3 aromatic rings. The Kier molecular flexibility index (Phi) is 4.93. The molecule has 5 rings (SSSR count). The number of sulfone groups is 1. The van der Waals surface area contributed by atoms with E-state index < -0.39 is 27.5 Å². The Hall–Kier alpha value is -3.90. The van der Waals surface area contributed by atoms with Crippen LogP contribution in [0.25, 0.3) is 0 Å². The van der Waals surface area contributed by atoms with Crippen LogP contribution in [0.4, 0.5) is 17.5 Å². The Bertz CT molecular complexity index is 1500. The summed E-state index contributed by atoms with van der Waals surface area (Å²) in [5, 5.41) is 12.1. The lowest BCUT2D eigenvalue weighted by Gasteiger charge is -2.38. The smallest absolute Gasteiger partial charge is 0.265 e. The fraction of sp³-hybridized carbons (Fsp3) is 0.261. The number of aromatic nitrogens is 3. The van der Waals surface area contributed by atoms with E-state index in [0.717, 1.165) is 11.2 Å². The van der Waals surface area contributed by atoms with Gasteiger partial charge in [0.1, 0.15) is 11.7 Å². The summed E-state index contributed by atoms with van der Waals surface area (Å²) >= 11 is 0. The number of anilines is 3. The second-order valence-corrected chi connectivity index (χ2v) is 10.6. The molecule has 0 fully saturated rings. The number of likely N-dealkylation sites (N-methyl/N-ethyl adjacent to an activating group) is 2. The first-order valence-electron chi connectivity index (χ1n) is 10.7. The Labute approximate surface area is 201 Å². The first-order valence-corrected chi connectivity index (χ1v) is 12.6. The van der Waals surface area contributed by atoms with Crippen molar-refractivity contribution in [2.24, 2.45) is 0 Å². The number of hydrogen-bond donors (Lipinski definition) is 1. The maximum Gasteiger partial charge on any atom is 0.265 e. The summed E-state index contributed by atoms with van der Waals surface area (Å²) in [7, 11) is -0.509. The third kappa shape index (κ3) is 3.13. The molecule has 0 saturated carbocycles. The maximum atomic E-state index is 13.8. The SMILES string of the molecule is C[C@@H]1C(=O)N(C)c2cnc(N3C(=O)c4c(cccc4S(C)(=O)=O)C3(O)c3cccnc3)nc2N1C. The lowest BCUT2D eigenvalue weighted by atomic mass is 9.95. The zero-order valence-corrected chi connectivity index (χ0v) is 20.2. The van der Waals surface area contributed by atoms with Crippen LogP contribution in [-0.4, -0.2) is 66.7 Å². The van der Waals surface area contributed by atoms with Crippen molar-refractivity contribution in [3.63, 3.8) is 0 Å². The third-order valence-electron chi connectivity index (χ3n) is 6.51. The quantitative estimate of drug-likeness (QED) is 0.564. The number of pyridine rings is 1. The topological polar surface area (TPSA) is 137 Å². The molecule has 0 aliphatic carbocycles. The van der Waals surface area contributed by atoms with E-state index >= 15 is 0 Å². The van der Waals surface area contributed by atoms with Crippen LogP contribution in [0.1, 0.15) is 28.4 Å². The molecule has 180 valence electrons. The molecule has 11 nitrogen and oxygen atoms in total. The molecule has 0 spiro atoms. The first kappa shape index (κ1) is 22.9. The molecule has 2 amide bonds. The molecule has 2 aromatic heterocycles. The lowest BCUT2D eigenvalue weighted by molar-refractivity contribution is -0.119. The molecular weight excluding hydrogens is 472 g/mol. The molecule has 2 aliphatic rings. The average molecular weight is 495 g/mol. The number of carbonyl (C=O) groups is 2. The van der Waals surface area contributed by atoms with Gasteiger partial charge in [-0.1, -0.05) is 18.2 Å². The van der Waals surface area contributed by atoms with Crippen molar-refractivity contribution < 1.29 is 23.1 Å². The number of rotatable bonds is 3. The molecule has 0 radical (unpaired) electrons. The summed E-state index contributed by atoms with van der Waals surface area (Å²) in [4.78, 5) is 43.1. The number of aliphatic hydroxyl groups is 1. The summed E-state index contributed by atoms with van der Waals surface area (Å²) in [6.07, 6.45) is 5.30. The van der Waals surface area contributed by atoms with E-state index in [9.17, 15) is 23.1 Å². The number of nitrogens with zero attached hydrogens (tertiary/aromatic N) is 6. The Morgan fingerprint density at radius 2 is 1.83 bits per heavy atom. The zero-order valence-electron chi connectivity index (χ0n) is 19.4. The number of benzene rings is 1. The van der Waals surface area contributed by atoms with Crippen molar-refractivity contribution >= 4 is 39.1 Å². The van der Waals surface area contributed by atoms with Crippen LogP contribution in [0.5, 0.6) is 0 Å². The standard InChI is InChI=1S/C23H22N6O5S/c1-13-20(30)28(3)16-12-25-22(26-19(16)27(13)2)29-21(31)18-15(8-5-9-17(18)35(4,33)34)23(29,32)14-7-6-10-24-11-14/h5-13,32H,1-4H3/t13-,23?/m1/s1. The van der Waals surface area contributed by atoms with Crippen molar-refractivity contribution in [2.45, 2.75) is 23.6 Å². The van der Waals surface area contributed by atoms with Crippen molar-refractivity contribution in [3.05, 3.63) is 65.6 Å². The number of fused-ring (bicyclic) bond motifs is 2. The summed E-state index contributed by atoms with van der Waals surface area (Å²) < 4.78 is 25.1. The van der Waals surface area contributed by atoms with E-state index in [1.807, 2.05) is 0 Å². The summed E-state index contributed by atoms with van der Waals surface area (Å²) in [6.45, 7) is 1.73. The highest BCUT2D eigenvalue weighted by molar-refractivity contribution is 7.90. The van der Waals surface area contributed by atoms with Crippen molar-refractivity contribution in [1.29, 1.82) is 0 Å². The van der Waals surface area contributed by atoms with Crippen molar-refractivity contribution in [2.75, 3.05) is 35.1 Å². The largest absolute Gasteiger partial charge is 0.363 e. The van der Waals surface area contributed by atoms with Gasteiger partial charge in [0.05, 0.1) is 16.7 Å². The van der Waals surface area contributed by atoms with Gasteiger partial charge >= 0.3 is 0 Å². The van der Waals surface area contributed by atoms with E-state index in [-0.39, 0.29) is 33.4 Å². The van der Waals surface area contributed by atoms with Gasteiger partial charge in [-0.3, -0.25) is 14.6 Å². The van der Waals surface area contributed by atoms with Crippen LogP contribution in [0.2, 0.25) is 0 Å². The second kappa shape index (κ2) is 7.55. The number of carbonyl (C=O) groups excluding carboxylic acids is 2. The van der Waals surface area contributed by atoms with Gasteiger partial charge in [-0.05, 0) is 19.1 Å². The molecule has 12 heteroatoms. The van der Waals surface area contributed by atoms with Crippen LogP contribution < -0.4 is 14.7 Å². The van der Waals surface area contributed by atoms with Gasteiger partial charge in [-0.15, -0.1) is 0 Å². The van der Waals surface area contributed by atoms with Crippen molar-refractivity contribution in [1.82, 2.24) is 15.0 Å². The highest BCUT2D eigenvalue weighted by Crippen LogP contribution is 2.46. The minimum absolute atomic E-state index is 0.0776. The molecule has 0 saturated heterocycles. The molecule has 1 aromatic carbocycles. The van der Waals surface area contributed by atoms with Gasteiger partial charge in [0.25, 0.3) is 5.91 Å². The second-order valence-electron chi connectivity index (χ2n) is 8.57. The maximum absolute atomic E-state index is 13.8. The van der Waals surface area contributed by atoms with E-state index in [0.29, 0.717) is 11.5 Å². The minimum Gasteiger partial charge on any atom is -0.363 e. The van der Waals surface area contributed by atoms with Crippen molar-refractivity contribution in [3.8, 4) is 0 Å². The highest BCUT2D eigenvalue weighted by atomic mass is 32.2. The highest BCUT2D eigenvalue weighted by Gasteiger charge is 2.54. The zero-order chi connectivity index (χ0) is 25.3. The summed E-state index contributed by atoms with van der Waals surface area (Å²) in [6, 6.07) is 6.94. The predicted octanol–water partition coefficient (Wildman–Crippen LogP) is 0.930. The minimum atomic E-state index is -3.81. The van der Waals surface area contributed by atoms with Gasteiger partial charge in [0, 0.05) is 43.9 Å².